The number of hydrogen-bond acceptors (Lipinski definition) is 6. The molecule has 1 aromatic rings. The molecule has 0 radical (unpaired) electrons. The van der Waals surface area contributed by atoms with Crippen LogP contribution in [-0.2, 0) is 4.79 Å². The normalized spacial score (nSPS) is 27.2. The van der Waals surface area contributed by atoms with Crippen LogP contribution in [0.4, 0.5) is 0 Å². The topological polar surface area (TPSA) is 54.9 Å². The van der Waals surface area contributed by atoms with Gasteiger partial charge in [-0.3, -0.25) is 4.79 Å². The number of fused-ring (bicyclic) bond motifs is 2. The summed E-state index contributed by atoms with van der Waals surface area (Å²) in [6.07, 6.45) is 6.60. The van der Waals surface area contributed by atoms with E-state index in [1.165, 1.54) is 37.4 Å². The number of amides is 1. The van der Waals surface area contributed by atoms with Gasteiger partial charge in [-0.05, 0) is 37.5 Å². The molecule has 0 spiro atoms. The van der Waals surface area contributed by atoms with Crippen molar-refractivity contribution in [3.05, 3.63) is 0 Å². The third-order valence-electron chi connectivity index (χ3n) is 4.21. The largest absolute Gasteiger partial charge is 0.355 e. The van der Waals surface area contributed by atoms with Gasteiger partial charge in [0.05, 0.1) is 5.75 Å². The highest BCUT2D eigenvalue weighted by atomic mass is 32.2. The van der Waals surface area contributed by atoms with Crippen molar-refractivity contribution in [2.75, 3.05) is 12.3 Å². The average molecular weight is 344 g/mol. The van der Waals surface area contributed by atoms with E-state index in [9.17, 15) is 4.79 Å². The number of thioether (sulfide) groups is 2. The first-order chi connectivity index (χ1) is 10.2. The van der Waals surface area contributed by atoms with Crippen LogP contribution in [0.3, 0.4) is 0 Å². The summed E-state index contributed by atoms with van der Waals surface area (Å²) in [6, 6.07) is 0. The molecule has 2 aliphatic rings. The van der Waals surface area contributed by atoms with Crippen molar-refractivity contribution >= 4 is 40.8 Å². The minimum Gasteiger partial charge on any atom is -0.355 e. The Bertz CT molecular complexity index is 494. The molecule has 3 atom stereocenters. The van der Waals surface area contributed by atoms with E-state index in [1.807, 2.05) is 11.8 Å². The number of carbonyl (C=O) groups is 1. The predicted octanol–water partition coefficient (Wildman–Crippen LogP) is 3.44. The third kappa shape index (κ3) is 4.13. The van der Waals surface area contributed by atoms with Crippen molar-refractivity contribution in [2.24, 2.45) is 11.8 Å². The van der Waals surface area contributed by atoms with Gasteiger partial charge in [-0.25, -0.2) is 0 Å². The lowest BCUT2D eigenvalue weighted by Gasteiger charge is -2.19. The molecular formula is C14H21N3OS3. The van der Waals surface area contributed by atoms with Gasteiger partial charge in [-0.15, -0.1) is 10.2 Å². The maximum atomic E-state index is 11.6. The Morgan fingerprint density at radius 1 is 1.33 bits per heavy atom. The lowest BCUT2D eigenvalue weighted by atomic mass is 10.0. The van der Waals surface area contributed by atoms with Gasteiger partial charge in [0.25, 0.3) is 0 Å². The molecule has 1 heterocycles. The number of nitrogens with one attached hydrogen (secondary N) is 1. The van der Waals surface area contributed by atoms with Crippen molar-refractivity contribution in [1.29, 1.82) is 0 Å². The van der Waals surface area contributed by atoms with Crippen molar-refractivity contribution < 1.29 is 4.79 Å². The second-order valence-electron chi connectivity index (χ2n) is 5.80. The summed E-state index contributed by atoms with van der Waals surface area (Å²) in [5.74, 6) is 2.39. The molecule has 2 fully saturated rings. The van der Waals surface area contributed by atoms with Gasteiger partial charge in [0.2, 0.25) is 5.91 Å². The molecule has 1 aromatic heterocycles. The molecule has 21 heavy (non-hydrogen) atoms. The van der Waals surface area contributed by atoms with Crippen LogP contribution in [0, 0.1) is 11.8 Å². The zero-order chi connectivity index (χ0) is 14.7. The molecule has 0 aliphatic heterocycles. The van der Waals surface area contributed by atoms with E-state index in [1.54, 1.807) is 11.3 Å². The fourth-order valence-corrected chi connectivity index (χ4v) is 6.74. The van der Waals surface area contributed by atoms with Crippen LogP contribution in [0.2, 0.25) is 0 Å². The van der Waals surface area contributed by atoms with E-state index < -0.39 is 0 Å². The Morgan fingerprint density at radius 3 is 2.90 bits per heavy atom. The number of rotatable bonds is 7. The summed E-state index contributed by atoms with van der Waals surface area (Å²) >= 11 is 5.04. The van der Waals surface area contributed by atoms with Crippen LogP contribution in [-0.4, -0.2) is 33.7 Å². The van der Waals surface area contributed by atoms with E-state index in [4.69, 9.17) is 0 Å². The van der Waals surface area contributed by atoms with E-state index in [2.05, 4.69) is 22.4 Å². The summed E-state index contributed by atoms with van der Waals surface area (Å²) in [5.41, 5.74) is 0. The van der Waals surface area contributed by atoms with Gasteiger partial charge in [-0.1, -0.05) is 48.2 Å². The number of carbonyl (C=O) groups excluding carboxylic acids is 1. The minimum atomic E-state index is 0.0827. The third-order valence-corrected chi connectivity index (χ3v) is 7.77. The molecule has 1 N–H and O–H groups in total. The first-order valence-corrected chi connectivity index (χ1v) is 10.3. The Kier molecular flexibility index (Phi) is 5.45. The van der Waals surface area contributed by atoms with Crippen LogP contribution in [0.5, 0.6) is 0 Å². The fourth-order valence-electron chi connectivity index (χ4n) is 3.21. The van der Waals surface area contributed by atoms with Crippen molar-refractivity contribution in [3.63, 3.8) is 0 Å². The maximum absolute atomic E-state index is 11.6. The highest BCUT2D eigenvalue weighted by Gasteiger charge is 2.40. The van der Waals surface area contributed by atoms with Crippen LogP contribution in [0.25, 0.3) is 0 Å². The van der Waals surface area contributed by atoms with Crippen molar-refractivity contribution in [2.45, 2.75) is 53.0 Å². The quantitative estimate of drug-likeness (QED) is 0.769. The zero-order valence-electron chi connectivity index (χ0n) is 12.2. The van der Waals surface area contributed by atoms with Gasteiger partial charge in [0, 0.05) is 11.8 Å². The smallest absolute Gasteiger partial charge is 0.230 e. The summed E-state index contributed by atoms with van der Waals surface area (Å²) in [5, 5.41) is 12.1. The highest BCUT2D eigenvalue weighted by molar-refractivity contribution is 8.03. The Hall–Kier alpha value is -0.270. The average Bonchev–Trinajstić information content (AvgIpc) is 3.19. The molecule has 0 aromatic carbocycles. The second kappa shape index (κ2) is 7.33. The first-order valence-electron chi connectivity index (χ1n) is 7.64. The zero-order valence-corrected chi connectivity index (χ0v) is 14.7. The summed E-state index contributed by atoms with van der Waals surface area (Å²) in [7, 11) is 0. The SMILES string of the molecule is CCCNC(=O)CSc1nnc(SC2CC3CCC2C3)s1. The van der Waals surface area contributed by atoms with Gasteiger partial charge < -0.3 is 5.32 Å². The molecule has 3 rings (SSSR count). The van der Waals surface area contributed by atoms with Crippen molar-refractivity contribution in [1.82, 2.24) is 15.5 Å². The lowest BCUT2D eigenvalue weighted by Crippen LogP contribution is -2.25. The van der Waals surface area contributed by atoms with E-state index in [0.717, 1.165) is 38.7 Å². The van der Waals surface area contributed by atoms with Gasteiger partial charge in [0.1, 0.15) is 0 Å². The highest BCUT2D eigenvalue weighted by Crippen LogP contribution is 2.51. The molecule has 4 nitrogen and oxygen atoms in total. The summed E-state index contributed by atoms with van der Waals surface area (Å²) in [4.78, 5) is 11.6. The van der Waals surface area contributed by atoms with E-state index in [0.29, 0.717) is 5.75 Å². The van der Waals surface area contributed by atoms with Gasteiger partial charge in [0.15, 0.2) is 8.68 Å². The number of aromatic nitrogens is 2. The summed E-state index contributed by atoms with van der Waals surface area (Å²) < 4.78 is 1.98. The second-order valence-corrected chi connectivity index (χ2v) is 9.49. The molecule has 0 saturated heterocycles. The Labute approximate surface area is 138 Å². The van der Waals surface area contributed by atoms with Crippen LogP contribution >= 0.6 is 34.9 Å². The van der Waals surface area contributed by atoms with Crippen LogP contribution < -0.4 is 5.32 Å². The van der Waals surface area contributed by atoms with E-state index >= 15 is 0 Å². The molecular weight excluding hydrogens is 322 g/mol. The maximum Gasteiger partial charge on any atom is 0.230 e. The first kappa shape index (κ1) is 15.6. The monoisotopic (exact) mass is 343 g/mol. The molecule has 7 heteroatoms. The summed E-state index contributed by atoms with van der Waals surface area (Å²) in [6.45, 7) is 2.80. The molecule has 3 unspecified atom stereocenters. The van der Waals surface area contributed by atoms with Crippen LogP contribution in [0.15, 0.2) is 8.68 Å². The lowest BCUT2D eigenvalue weighted by molar-refractivity contribution is -0.118. The van der Waals surface area contributed by atoms with Crippen LogP contribution in [0.1, 0.15) is 39.0 Å². The molecule has 116 valence electrons. The molecule has 2 aliphatic carbocycles. The number of hydrogen-bond donors (Lipinski definition) is 1. The Balaban J connectivity index is 1.44. The Morgan fingerprint density at radius 2 is 2.19 bits per heavy atom. The standard InChI is InChI=1S/C14H21N3OS3/c1-2-5-15-12(18)8-19-13-16-17-14(21-13)20-11-7-9-3-4-10(11)6-9/h9-11H,2-8H2,1H3,(H,15,18). The number of nitrogens with zero attached hydrogens (tertiary/aromatic N) is 2. The van der Waals surface area contributed by atoms with Gasteiger partial charge in [-0.2, -0.15) is 0 Å². The molecule has 2 bridgehead atoms. The minimum absolute atomic E-state index is 0.0827. The van der Waals surface area contributed by atoms with E-state index in [-0.39, 0.29) is 5.91 Å². The van der Waals surface area contributed by atoms with Gasteiger partial charge >= 0.3 is 0 Å². The predicted molar refractivity (Wildman–Crippen MR) is 89.0 cm³/mol. The molecule has 1 amide bonds. The molecule has 2 saturated carbocycles. The fraction of sp³-hybridized carbons (Fsp3) is 0.786. The van der Waals surface area contributed by atoms with Crippen molar-refractivity contribution in [3.8, 4) is 0 Å².